The molecule has 8 nitrogen and oxygen atoms in total. The lowest BCUT2D eigenvalue weighted by Crippen LogP contribution is -2.11. The molecular formula is C25H25N3O5. The first-order valence-corrected chi connectivity index (χ1v) is 10.4. The maximum absolute atomic E-state index is 13.7. The Bertz CT molecular complexity index is 1190. The number of hydrogen-bond acceptors (Lipinski definition) is 7. The van der Waals surface area contributed by atoms with Crippen molar-refractivity contribution in [3.8, 4) is 28.6 Å². The number of ketones is 1. The van der Waals surface area contributed by atoms with Crippen LogP contribution < -0.4 is 19.5 Å². The van der Waals surface area contributed by atoms with Crippen LogP contribution in [0.25, 0.3) is 11.3 Å². The van der Waals surface area contributed by atoms with Gasteiger partial charge >= 0.3 is 0 Å². The van der Waals surface area contributed by atoms with Gasteiger partial charge in [-0.2, -0.15) is 0 Å². The van der Waals surface area contributed by atoms with Gasteiger partial charge in [-0.1, -0.05) is 0 Å². The van der Waals surface area contributed by atoms with Crippen molar-refractivity contribution in [3.05, 3.63) is 78.1 Å². The highest BCUT2D eigenvalue weighted by Crippen LogP contribution is 2.39. The summed E-state index contributed by atoms with van der Waals surface area (Å²) in [5.41, 5.74) is 3.36. The number of anilines is 1. The third kappa shape index (κ3) is 4.69. The summed E-state index contributed by atoms with van der Waals surface area (Å²) in [4.78, 5) is 20.9. The lowest BCUT2D eigenvalue weighted by atomic mass is 9.97. The van der Waals surface area contributed by atoms with E-state index in [0.717, 1.165) is 11.3 Å². The maximum Gasteiger partial charge on any atom is 0.203 e. The van der Waals surface area contributed by atoms with Gasteiger partial charge in [0.1, 0.15) is 5.76 Å². The number of benzene rings is 2. The fourth-order valence-corrected chi connectivity index (χ4v) is 3.60. The van der Waals surface area contributed by atoms with Gasteiger partial charge in [-0.25, -0.2) is 4.98 Å². The molecule has 2 N–H and O–H groups in total. The van der Waals surface area contributed by atoms with E-state index in [0.29, 0.717) is 52.8 Å². The number of nitrogens with one attached hydrogen (secondary N) is 2. The van der Waals surface area contributed by atoms with Gasteiger partial charge < -0.3 is 28.9 Å². The van der Waals surface area contributed by atoms with Crippen LogP contribution in [0.4, 0.5) is 5.69 Å². The number of carbonyl (C=O) groups excluding carboxylic acids is 1. The van der Waals surface area contributed by atoms with E-state index in [1.54, 1.807) is 24.7 Å². The van der Waals surface area contributed by atoms with Gasteiger partial charge in [0, 0.05) is 41.5 Å². The average molecular weight is 447 g/mol. The number of ether oxygens (including phenoxy) is 3. The number of furan rings is 1. The molecule has 0 amide bonds. The largest absolute Gasteiger partial charge is 0.493 e. The van der Waals surface area contributed by atoms with Crippen molar-refractivity contribution in [3.63, 3.8) is 0 Å². The first-order valence-electron chi connectivity index (χ1n) is 10.4. The van der Waals surface area contributed by atoms with E-state index in [1.165, 1.54) is 21.3 Å². The predicted molar refractivity (Wildman–Crippen MR) is 124 cm³/mol. The summed E-state index contributed by atoms with van der Waals surface area (Å²) >= 11 is 0. The normalized spacial score (nSPS) is 10.6. The molecule has 4 aromatic rings. The minimum Gasteiger partial charge on any atom is -0.493 e. The molecule has 0 radical (unpaired) electrons. The number of imidazole rings is 1. The molecule has 4 rings (SSSR count). The van der Waals surface area contributed by atoms with E-state index in [9.17, 15) is 4.79 Å². The second-order valence-corrected chi connectivity index (χ2v) is 7.22. The smallest absolute Gasteiger partial charge is 0.203 e. The predicted octanol–water partition coefficient (Wildman–Crippen LogP) is 4.58. The molecule has 0 saturated carbocycles. The summed E-state index contributed by atoms with van der Waals surface area (Å²) in [5.74, 6) is 1.74. The topological polar surface area (TPSA) is 98.6 Å². The highest BCUT2D eigenvalue weighted by molar-refractivity contribution is 6.13. The van der Waals surface area contributed by atoms with Crippen LogP contribution in [0.15, 0.2) is 65.7 Å². The third-order valence-electron chi connectivity index (χ3n) is 5.25. The van der Waals surface area contributed by atoms with Gasteiger partial charge in [-0.15, -0.1) is 0 Å². The van der Waals surface area contributed by atoms with E-state index in [-0.39, 0.29) is 5.78 Å². The Hall–Kier alpha value is -4.20. The molecule has 0 atom stereocenters. The standard InChI is InChI=1S/C25H25N3O5/c1-30-22-12-17(13-23(31-2)25(22)32-3)24(29)19-11-16(21-5-4-10-33-21)6-7-20(19)27-9-8-18-14-26-15-28-18/h4-7,10-15,27H,8-9H2,1-3H3,(H,26,28). The molecule has 2 heterocycles. The van der Waals surface area contributed by atoms with Gasteiger partial charge in [0.15, 0.2) is 17.3 Å². The molecule has 0 aliphatic carbocycles. The molecular weight excluding hydrogens is 422 g/mol. The van der Waals surface area contributed by atoms with Gasteiger partial charge in [0.2, 0.25) is 5.75 Å². The SMILES string of the molecule is COc1cc(C(=O)c2cc(-c3ccco3)ccc2NCCc2c[nH]cn2)cc(OC)c1OC. The summed E-state index contributed by atoms with van der Waals surface area (Å²) in [6.45, 7) is 0.612. The molecule has 0 aliphatic rings. The number of aromatic amines is 1. The zero-order valence-electron chi connectivity index (χ0n) is 18.7. The lowest BCUT2D eigenvalue weighted by Gasteiger charge is -2.16. The Morgan fingerprint density at radius 3 is 2.45 bits per heavy atom. The number of carbonyl (C=O) groups is 1. The van der Waals surface area contributed by atoms with Crippen molar-refractivity contribution >= 4 is 11.5 Å². The van der Waals surface area contributed by atoms with E-state index >= 15 is 0 Å². The second-order valence-electron chi connectivity index (χ2n) is 7.22. The highest BCUT2D eigenvalue weighted by Gasteiger charge is 2.21. The first kappa shape index (κ1) is 22.0. The van der Waals surface area contributed by atoms with Crippen molar-refractivity contribution in [1.29, 1.82) is 0 Å². The van der Waals surface area contributed by atoms with Crippen LogP contribution in [0.1, 0.15) is 21.6 Å². The molecule has 0 aliphatic heterocycles. The van der Waals surface area contributed by atoms with Gasteiger partial charge in [0.25, 0.3) is 0 Å². The zero-order valence-corrected chi connectivity index (χ0v) is 18.7. The van der Waals surface area contributed by atoms with Crippen molar-refractivity contribution < 1.29 is 23.4 Å². The first-order chi connectivity index (χ1) is 16.1. The van der Waals surface area contributed by atoms with Crippen LogP contribution in [-0.2, 0) is 6.42 Å². The van der Waals surface area contributed by atoms with Crippen LogP contribution in [0.5, 0.6) is 17.2 Å². The monoisotopic (exact) mass is 447 g/mol. The Balaban J connectivity index is 1.71. The Morgan fingerprint density at radius 1 is 1.06 bits per heavy atom. The number of methoxy groups -OCH3 is 3. The molecule has 8 heteroatoms. The fourth-order valence-electron chi connectivity index (χ4n) is 3.60. The molecule has 0 spiro atoms. The quantitative estimate of drug-likeness (QED) is 0.343. The summed E-state index contributed by atoms with van der Waals surface area (Å²) in [6.07, 6.45) is 5.81. The van der Waals surface area contributed by atoms with Crippen LogP contribution in [0, 0.1) is 0 Å². The third-order valence-corrected chi connectivity index (χ3v) is 5.25. The van der Waals surface area contributed by atoms with Crippen molar-refractivity contribution in [1.82, 2.24) is 9.97 Å². The lowest BCUT2D eigenvalue weighted by molar-refractivity contribution is 0.103. The molecule has 2 aromatic heterocycles. The number of hydrogen-bond donors (Lipinski definition) is 2. The zero-order chi connectivity index (χ0) is 23.2. The molecule has 0 fully saturated rings. The number of aromatic nitrogens is 2. The van der Waals surface area contributed by atoms with Crippen LogP contribution in [0.3, 0.4) is 0 Å². The Kier molecular flexibility index (Phi) is 6.64. The minimum absolute atomic E-state index is 0.190. The van der Waals surface area contributed by atoms with Crippen LogP contribution >= 0.6 is 0 Å². The molecule has 2 aromatic carbocycles. The fraction of sp³-hybridized carbons (Fsp3) is 0.200. The summed E-state index contributed by atoms with van der Waals surface area (Å²) < 4.78 is 21.8. The van der Waals surface area contributed by atoms with Crippen LogP contribution in [0.2, 0.25) is 0 Å². The second kappa shape index (κ2) is 9.95. The van der Waals surface area contributed by atoms with E-state index in [4.69, 9.17) is 18.6 Å². The summed E-state index contributed by atoms with van der Waals surface area (Å²) in [7, 11) is 4.56. The molecule has 33 heavy (non-hydrogen) atoms. The number of H-pyrrole nitrogens is 1. The maximum atomic E-state index is 13.7. The van der Waals surface area contributed by atoms with Crippen LogP contribution in [-0.4, -0.2) is 43.6 Å². The van der Waals surface area contributed by atoms with Gasteiger partial charge in [-0.05, 0) is 42.5 Å². The van der Waals surface area contributed by atoms with Gasteiger partial charge in [-0.3, -0.25) is 4.79 Å². The van der Waals surface area contributed by atoms with Gasteiger partial charge in [0.05, 0.1) is 39.6 Å². The van der Waals surface area contributed by atoms with E-state index in [2.05, 4.69) is 15.3 Å². The highest BCUT2D eigenvalue weighted by atomic mass is 16.5. The molecule has 0 unspecified atom stereocenters. The number of rotatable bonds is 10. The molecule has 0 saturated heterocycles. The number of nitrogens with zero attached hydrogens (tertiary/aromatic N) is 1. The van der Waals surface area contributed by atoms with Crippen molar-refractivity contribution in [2.45, 2.75) is 6.42 Å². The molecule has 0 bridgehead atoms. The van der Waals surface area contributed by atoms with E-state index in [1.807, 2.05) is 36.5 Å². The minimum atomic E-state index is -0.190. The van der Waals surface area contributed by atoms with Crippen molar-refractivity contribution in [2.24, 2.45) is 0 Å². The Morgan fingerprint density at radius 2 is 1.85 bits per heavy atom. The summed E-state index contributed by atoms with van der Waals surface area (Å²) in [6, 6.07) is 12.6. The van der Waals surface area contributed by atoms with Crippen molar-refractivity contribution in [2.75, 3.05) is 33.2 Å². The Labute approximate surface area is 191 Å². The average Bonchev–Trinajstić information content (AvgIpc) is 3.57. The van der Waals surface area contributed by atoms with E-state index < -0.39 is 0 Å². The molecule has 170 valence electrons. The summed E-state index contributed by atoms with van der Waals surface area (Å²) in [5, 5.41) is 3.36.